The molecule has 22 heavy (non-hydrogen) atoms. The summed E-state index contributed by atoms with van der Waals surface area (Å²) < 4.78 is 7.03. The van der Waals surface area contributed by atoms with Gasteiger partial charge in [-0.25, -0.2) is 4.79 Å². The second kappa shape index (κ2) is 5.89. The number of rotatable bonds is 2. The molecule has 1 aliphatic rings. The highest BCUT2D eigenvalue weighted by Gasteiger charge is 2.42. The van der Waals surface area contributed by atoms with Gasteiger partial charge in [0.1, 0.15) is 11.2 Å². The maximum atomic E-state index is 12.2. The predicted molar refractivity (Wildman–Crippen MR) is 82.1 cm³/mol. The summed E-state index contributed by atoms with van der Waals surface area (Å²) in [5, 5.41) is 15.0. The molecule has 1 aromatic heterocycles. The lowest BCUT2D eigenvalue weighted by Gasteiger charge is -2.42. The van der Waals surface area contributed by atoms with Crippen LogP contribution in [0.25, 0.3) is 0 Å². The van der Waals surface area contributed by atoms with Gasteiger partial charge in [-0.15, -0.1) is 0 Å². The second-order valence-electron chi connectivity index (χ2n) is 6.97. The zero-order valence-electron chi connectivity index (χ0n) is 13.7. The number of hydrogen-bond donors (Lipinski definition) is 2. The molecule has 2 rings (SSSR count). The van der Waals surface area contributed by atoms with Crippen LogP contribution in [-0.4, -0.2) is 50.2 Å². The number of hydrogen-bond acceptors (Lipinski definition) is 5. The molecule has 3 N–H and O–H groups in total. The van der Waals surface area contributed by atoms with E-state index >= 15 is 0 Å². The van der Waals surface area contributed by atoms with Crippen molar-refractivity contribution in [3.63, 3.8) is 0 Å². The number of piperidine rings is 1. The van der Waals surface area contributed by atoms with Gasteiger partial charge in [-0.3, -0.25) is 4.68 Å². The molecule has 1 aromatic rings. The second-order valence-corrected chi connectivity index (χ2v) is 6.97. The fraction of sp³-hybridized carbons (Fsp3) is 0.733. The molecule has 2 atom stereocenters. The van der Waals surface area contributed by atoms with Gasteiger partial charge in [0.2, 0.25) is 0 Å². The number of nitrogens with zero attached hydrogens (tertiary/aromatic N) is 3. The molecule has 0 radical (unpaired) electrons. The number of carbonyl (C=O) groups excluding carboxylic acids is 1. The molecule has 7 heteroatoms. The minimum atomic E-state index is -1.18. The Morgan fingerprint density at radius 2 is 2.23 bits per heavy atom. The zero-order valence-corrected chi connectivity index (χ0v) is 13.7. The molecule has 124 valence electrons. The van der Waals surface area contributed by atoms with Crippen molar-refractivity contribution in [1.29, 1.82) is 0 Å². The Morgan fingerprint density at radius 1 is 1.55 bits per heavy atom. The van der Waals surface area contributed by atoms with Crippen molar-refractivity contribution in [2.45, 2.75) is 50.9 Å². The van der Waals surface area contributed by atoms with E-state index < -0.39 is 23.3 Å². The Morgan fingerprint density at radius 3 is 2.77 bits per heavy atom. The van der Waals surface area contributed by atoms with Crippen molar-refractivity contribution in [2.24, 2.45) is 12.8 Å². The number of likely N-dealkylation sites (tertiary alicyclic amines) is 1. The molecular weight excluding hydrogens is 284 g/mol. The average Bonchev–Trinajstić information content (AvgIpc) is 2.82. The maximum Gasteiger partial charge on any atom is 0.410 e. The standard InChI is InChI=1S/C15H26N4O3/c1-14(2,3)22-13(20)19-9-5-7-15(21,10-19)12(16)11-6-8-17-18(11)4/h6,8,12,21H,5,7,9-10,16H2,1-4H3. The van der Waals surface area contributed by atoms with Gasteiger partial charge in [-0.1, -0.05) is 0 Å². The molecule has 0 saturated carbocycles. The van der Waals surface area contributed by atoms with E-state index in [-0.39, 0.29) is 6.54 Å². The fourth-order valence-electron chi connectivity index (χ4n) is 2.77. The highest BCUT2D eigenvalue weighted by molar-refractivity contribution is 5.68. The van der Waals surface area contributed by atoms with Crippen molar-refractivity contribution in [2.75, 3.05) is 13.1 Å². The van der Waals surface area contributed by atoms with Crippen molar-refractivity contribution < 1.29 is 14.6 Å². The normalized spacial score (nSPS) is 24.2. The quantitative estimate of drug-likeness (QED) is 0.855. The molecule has 2 heterocycles. The van der Waals surface area contributed by atoms with Crippen molar-refractivity contribution >= 4 is 6.09 Å². The molecule has 0 aromatic carbocycles. The Bertz CT molecular complexity index is 537. The summed E-state index contributed by atoms with van der Waals surface area (Å²) in [5.41, 5.74) is 5.26. The van der Waals surface area contributed by atoms with Crippen LogP contribution in [0.2, 0.25) is 0 Å². The number of aromatic nitrogens is 2. The van der Waals surface area contributed by atoms with Gasteiger partial charge in [0.05, 0.1) is 18.3 Å². The van der Waals surface area contributed by atoms with Crippen LogP contribution in [0.1, 0.15) is 45.3 Å². The van der Waals surface area contributed by atoms with E-state index in [0.29, 0.717) is 19.4 Å². The monoisotopic (exact) mass is 310 g/mol. The van der Waals surface area contributed by atoms with Crippen LogP contribution in [0.5, 0.6) is 0 Å². The lowest BCUT2D eigenvalue weighted by atomic mass is 9.84. The molecule has 0 spiro atoms. The van der Waals surface area contributed by atoms with Crippen LogP contribution in [0.4, 0.5) is 4.79 Å². The summed E-state index contributed by atoms with van der Waals surface area (Å²) in [5.74, 6) is 0. The minimum absolute atomic E-state index is 0.161. The largest absolute Gasteiger partial charge is 0.444 e. The first-order chi connectivity index (χ1) is 10.1. The summed E-state index contributed by atoms with van der Waals surface area (Å²) in [7, 11) is 1.78. The Kier molecular flexibility index (Phi) is 4.49. The maximum absolute atomic E-state index is 12.2. The van der Waals surface area contributed by atoms with Gasteiger partial charge in [0.25, 0.3) is 0 Å². The molecule has 0 bridgehead atoms. The van der Waals surface area contributed by atoms with Gasteiger partial charge in [-0.2, -0.15) is 5.10 Å². The average molecular weight is 310 g/mol. The third-order valence-corrected chi connectivity index (χ3v) is 3.91. The van der Waals surface area contributed by atoms with Crippen LogP contribution in [0.3, 0.4) is 0 Å². The van der Waals surface area contributed by atoms with E-state index in [1.165, 1.54) is 4.90 Å². The van der Waals surface area contributed by atoms with Crippen LogP contribution in [0, 0.1) is 0 Å². The van der Waals surface area contributed by atoms with Crippen LogP contribution >= 0.6 is 0 Å². The summed E-state index contributed by atoms with van der Waals surface area (Å²) >= 11 is 0. The number of ether oxygens (including phenoxy) is 1. The Balaban J connectivity index is 2.12. The number of carbonyl (C=O) groups is 1. The molecule has 1 saturated heterocycles. The summed E-state index contributed by atoms with van der Waals surface area (Å²) in [4.78, 5) is 13.7. The van der Waals surface area contributed by atoms with Crippen molar-refractivity contribution in [3.8, 4) is 0 Å². The van der Waals surface area contributed by atoms with Crippen LogP contribution in [0.15, 0.2) is 12.3 Å². The van der Waals surface area contributed by atoms with Crippen LogP contribution < -0.4 is 5.73 Å². The predicted octanol–water partition coefficient (Wildman–Crippen LogP) is 1.18. The van der Waals surface area contributed by atoms with Gasteiger partial charge in [0.15, 0.2) is 0 Å². The first-order valence-electron chi connectivity index (χ1n) is 7.56. The topological polar surface area (TPSA) is 93.6 Å². The Labute approximate surface area is 131 Å². The highest BCUT2D eigenvalue weighted by Crippen LogP contribution is 2.32. The van der Waals surface area contributed by atoms with Gasteiger partial charge >= 0.3 is 6.09 Å². The zero-order chi connectivity index (χ0) is 16.5. The van der Waals surface area contributed by atoms with Crippen LogP contribution in [-0.2, 0) is 11.8 Å². The third-order valence-electron chi connectivity index (χ3n) is 3.91. The number of amides is 1. The SMILES string of the molecule is Cn1nccc1C(N)C1(O)CCCN(C(=O)OC(C)(C)C)C1. The van der Waals surface area contributed by atoms with E-state index in [1.807, 2.05) is 20.8 Å². The number of aliphatic hydroxyl groups is 1. The van der Waals surface area contributed by atoms with E-state index in [2.05, 4.69) is 5.10 Å². The molecule has 0 aliphatic carbocycles. The molecule has 1 fully saturated rings. The first-order valence-corrected chi connectivity index (χ1v) is 7.56. The minimum Gasteiger partial charge on any atom is -0.444 e. The number of nitrogens with two attached hydrogens (primary N) is 1. The highest BCUT2D eigenvalue weighted by atomic mass is 16.6. The summed E-state index contributed by atoms with van der Waals surface area (Å²) in [6, 6.07) is 1.18. The number of aryl methyl sites for hydroxylation is 1. The lowest BCUT2D eigenvalue weighted by molar-refractivity contribution is -0.0587. The fourth-order valence-corrected chi connectivity index (χ4v) is 2.77. The van der Waals surface area contributed by atoms with E-state index in [0.717, 1.165) is 5.69 Å². The summed E-state index contributed by atoms with van der Waals surface area (Å²) in [6.07, 6.45) is 2.45. The van der Waals surface area contributed by atoms with E-state index in [9.17, 15) is 9.90 Å². The van der Waals surface area contributed by atoms with E-state index in [4.69, 9.17) is 10.5 Å². The van der Waals surface area contributed by atoms with Gasteiger partial charge in [-0.05, 0) is 39.7 Å². The molecule has 2 unspecified atom stereocenters. The molecule has 7 nitrogen and oxygen atoms in total. The first kappa shape index (κ1) is 16.8. The smallest absolute Gasteiger partial charge is 0.410 e. The van der Waals surface area contributed by atoms with Crippen molar-refractivity contribution in [3.05, 3.63) is 18.0 Å². The van der Waals surface area contributed by atoms with E-state index in [1.54, 1.807) is 24.0 Å². The third kappa shape index (κ3) is 3.59. The van der Waals surface area contributed by atoms with Gasteiger partial charge in [0, 0.05) is 19.8 Å². The lowest BCUT2D eigenvalue weighted by Crippen LogP contribution is -2.56. The van der Waals surface area contributed by atoms with Crippen molar-refractivity contribution in [1.82, 2.24) is 14.7 Å². The van der Waals surface area contributed by atoms with Gasteiger partial charge < -0.3 is 20.5 Å². The summed E-state index contributed by atoms with van der Waals surface area (Å²) in [6.45, 7) is 6.19. The molecule has 1 amide bonds. The number of β-amino-alcohol motifs (C(OH)–C–C–N with tert-alkyl or cyclic N) is 1. The molecule has 1 aliphatic heterocycles. The Hall–Kier alpha value is -1.60. The molecular formula is C15H26N4O3.